The molecule has 3 rings (SSSR count). The highest BCUT2D eigenvalue weighted by Crippen LogP contribution is 2.30. The van der Waals surface area contributed by atoms with Gasteiger partial charge in [-0.15, -0.1) is 0 Å². The second kappa shape index (κ2) is 9.46. The number of hydrogen-bond donors (Lipinski definition) is 0. The second-order valence-electron chi connectivity index (χ2n) is 6.73. The summed E-state index contributed by atoms with van der Waals surface area (Å²) in [5.41, 5.74) is 3.04. The van der Waals surface area contributed by atoms with Gasteiger partial charge >= 0.3 is 0 Å². The van der Waals surface area contributed by atoms with Crippen molar-refractivity contribution in [3.05, 3.63) is 88.7 Å². The van der Waals surface area contributed by atoms with Gasteiger partial charge in [-0.2, -0.15) is 4.39 Å². The zero-order valence-electron chi connectivity index (χ0n) is 16.5. The molecule has 0 N–H and O–H groups in total. The summed E-state index contributed by atoms with van der Waals surface area (Å²) in [6.07, 6.45) is 5.32. The molecule has 0 bridgehead atoms. The van der Waals surface area contributed by atoms with Crippen LogP contribution in [0.1, 0.15) is 37.0 Å². The number of hydrogen-bond acceptors (Lipinski definition) is 1. The maximum absolute atomic E-state index is 14.4. The maximum Gasteiger partial charge on any atom is 0.201 e. The minimum absolute atomic E-state index is 0.0970. The third-order valence-corrected chi connectivity index (χ3v) is 4.63. The van der Waals surface area contributed by atoms with E-state index in [1.807, 2.05) is 6.07 Å². The average Bonchev–Trinajstić information content (AvgIpc) is 2.72. The Kier molecular flexibility index (Phi) is 6.76. The molecule has 0 unspecified atom stereocenters. The molecule has 0 aliphatic heterocycles. The summed E-state index contributed by atoms with van der Waals surface area (Å²) in [7, 11) is 0. The van der Waals surface area contributed by atoms with E-state index in [-0.39, 0.29) is 23.7 Å². The third-order valence-electron chi connectivity index (χ3n) is 4.63. The van der Waals surface area contributed by atoms with Crippen LogP contribution in [0.15, 0.2) is 54.6 Å². The first-order chi connectivity index (χ1) is 14.0. The Bertz CT molecular complexity index is 1010. The first-order valence-corrected chi connectivity index (χ1v) is 9.71. The van der Waals surface area contributed by atoms with Crippen molar-refractivity contribution in [2.75, 3.05) is 6.61 Å². The van der Waals surface area contributed by atoms with Gasteiger partial charge in [-0.05, 0) is 48.2 Å². The Balaban J connectivity index is 1.79. The van der Waals surface area contributed by atoms with Gasteiger partial charge in [0.25, 0.3) is 0 Å². The molecule has 3 aromatic carbocycles. The highest BCUT2D eigenvalue weighted by atomic mass is 19.2. The van der Waals surface area contributed by atoms with Crippen LogP contribution in [0.5, 0.6) is 5.75 Å². The largest absolute Gasteiger partial charge is 0.491 e. The van der Waals surface area contributed by atoms with E-state index in [0.29, 0.717) is 11.1 Å². The topological polar surface area (TPSA) is 9.23 Å². The minimum atomic E-state index is -0.990. The van der Waals surface area contributed by atoms with E-state index in [4.69, 9.17) is 4.74 Å². The second-order valence-corrected chi connectivity index (χ2v) is 6.73. The predicted octanol–water partition coefficient (Wildman–Crippen LogP) is 7.29. The summed E-state index contributed by atoms with van der Waals surface area (Å²) in [6, 6.07) is 15.2. The number of aryl methyl sites for hydroxylation is 1. The SMILES string of the molecule is CCCc1ccc(/C=C/c2ccc(-c3ccc(OCC)c(F)c3F)cc2)c(F)c1. The molecule has 0 amide bonds. The van der Waals surface area contributed by atoms with E-state index in [9.17, 15) is 13.2 Å². The Labute approximate surface area is 169 Å². The van der Waals surface area contributed by atoms with E-state index in [0.717, 1.165) is 24.0 Å². The standard InChI is InChI=1S/C25H23F3O/c1-3-5-18-9-13-20(22(26)16-18)12-8-17-6-10-19(11-7-17)21-14-15-23(29-4-2)25(28)24(21)27/h6-16H,3-5H2,1-2H3/b12-8+. The van der Waals surface area contributed by atoms with E-state index in [1.165, 1.54) is 12.1 Å². The van der Waals surface area contributed by atoms with Crippen LogP contribution in [0.3, 0.4) is 0 Å². The van der Waals surface area contributed by atoms with Gasteiger partial charge < -0.3 is 4.74 Å². The monoisotopic (exact) mass is 396 g/mol. The van der Waals surface area contributed by atoms with Crippen molar-refractivity contribution >= 4 is 12.2 Å². The summed E-state index contributed by atoms with van der Waals surface area (Å²) in [4.78, 5) is 0. The Hall–Kier alpha value is -3.01. The smallest absolute Gasteiger partial charge is 0.201 e. The molecular weight excluding hydrogens is 373 g/mol. The summed E-state index contributed by atoms with van der Waals surface area (Å²) in [5.74, 6) is -2.28. The van der Waals surface area contributed by atoms with Crippen molar-refractivity contribution in [1.29, 1.82) is 0 Å². The Morgan fingerprint density at radius 1 is 0.828 bits per heavy atom. The fraction of sp³-hybridized carbons (Fsp3) is 0.200. The zero-order chi connectivity index (χ0) is 20.8. The molecule has 0 aliphatic carbocycles. The van der Waals surface area contributed by atoms with Crippen LogP contribution in [0, 0.1) is 17.5 Å². The zero-order valence-corrected chi connectivity index (χ0v) is 16.5. The van der Waals surface area contributed by atoms with Crippen LogP contribution < -0.4 is 4.74 Å². The van der Waals surface area contributed by atoms with Crippen LogP contribution in [0.4, 0.5) is 13.2 Å². The minimum Gasteiger partial charge on any atom is -0.491 e. The van der Waals surface area contributed by atoms with Gasteiger partial charge in [-0.1, -0.05) is 61.9 Å². The molecule has 0 atom stereocenters. The lowest BCUT2D eigenvalue weighted by molar-refractivity contribution is 0.314. The van der Waals surface area contributed by atoms with Gasteiger partial charge in [0.1, 0.15) is 5.82 Å². The van der Waals surface area contributed by atoms with E-state index in [2.05, 4.69) is 6.92 Å². The van der Waals surface area contributed by atoms with E-state index in [1.54, 1.807) is 55.5 Å². The molecule has 29 heavy (non-hydrogen) atoms. The van der Waals surface area contributed by atoms with E-state index < -0.39 is 11.6 Å². The normalized spacial score (nSPS) is 11.2. The van der Waals surface area contributed by atoms with Crippen LogP contribution in [-0.4, -0.2) is 6.61 Å². The first kappa shape index (κ1) is 20.7. The fourth-order valence-corrected chi connectivity index (χ4v) is 3.13. The summed E-state index contributed by atoms with van der Waals surface area (Å²) in [6.45, 7) is 4.03. The van der Waals surface area contributed by atoms with Gasteiger partial charge in [-0.25, -0.2) is 8.78 Å². The summed E-state index contributed by atoms with van der Waals surface area (Å²) in [5, 5.41) is 0. The molecule has 0 fully saturated rings. The number of ether oxygens (including phenoxy) is 1. The molecule has 1 nitrogen and oxygen atoms in total. The quantitative estimate of drug-likeness (QED) is 0.381. The van der Waals surface area contributed by atoms with Crippen molar-refractivity contribution in [1.82, 2.24) is 0 Å². The van der Waals surface area contributed by atoms with Crippen molar-refractivity contribution in [3.63, 3.8) is 0 Å². The molecule has 0 aromatic heterocycles. The fourth-order valence-electron chi connectivity index (χ4n) is 3.13. The van der Waals surface area contributed by atoms with Gasteiger partial charge in [0.2, 0.25) is 5.82 Å². The summed E-state index contributed by atoms with van der Waals surface area (Å²) >= 11 is 0. The number of halogens is 3. The van der Waals surface area contributed by atoms with Gasteiger partial charge in [0.15, 0.2) is 11.6 Å². The highest BCUT2D eigenvalue weighted by molar-refractivity contribution is 5.72. The van der Waals surface area contributed by atoms with Gasteiger partial charge in [-0.3, -0.25) is 0 Å². The van der Waals surface area contributed by atoms with Crippen LogP contribution >= 0.6 is 0 Å². The molecule has 4 heteroatoms. The van der Waals surface area contributed by atoms with Crippen LogP contribution in [0.2, 0.25) is 0 Å². The molecular formula is C25H23F3O. The lowest BCUT2D eigenvalue weighted by atomic mass is 10.0. The Morgan fingerprint density at radius 2 is 1.59 bits per heavy atom. The highest BCUT2D eigenvalue weighted by Gasteiger charge is 2.15. The Morgan fingerprint density at radius 3 is 2.24 bits per heavy atom. The van der Waals surface area contributed by atoms with Crippen LogP contribution in [0.25, 0.3) is 23.3 Å². The molecule has 150 valence electrons. The number of rotatable bonds is 7. The third kappa shape index (κ3) is 4.89. The van der Waals surface area contributed by atoms with Crippen LogP contribution in [-0.2, 0) is 6.42 Å². The molecule has 0 radical (unpaired) electrons. The van der Waals surface area contributed by atoms with Crippen molar-refractivity contribution in [2.24, 2.45) is 0 Å². The lowest BCUT2D eigenvalue weighted by Gasteiger charge is -2.09. The van der Waals surface area contributed by atoms with Crippen molar-refractivity contribution < 1.29 is 17.9 Å². The lowest BCUT2D eigenvalue weighted by Crippen LogP contribution is -1.98. The summed E-state index contributed by atoms with van der Waals surface area (Å²) < 4.78 is 47.7. The maximum atomic E-state index is 14.4. The average molecular weight is 396 g/mol. The molecule has 0 aliphatic rings. The number of benzene rings is 3. The predicted molar refractivity (Wildman–Crippen MR) is 112 cm³/mol. The van der Waals surface area contributed by atoms with E-state index >= 15 is 0 Å². The molecule has 0 spiro atoms. The van der Waals surface area contributed by atoms with Gasteiger partial charge in [0.05, 0.1) is 6.61 Å². The molecule has 0 saturated heterocycles. The molecule has 0 heterocycles. The molecule has 3 aromatic rings. The van der Waals surface area contributed by atoms with Crippen molar-refractivity contribution in [2.45, 2.75) is 26.7 Å². The van der Waals surface area contributed by atoms with Gasteiger partial charge in [0, 0.05) is 11.1 Å². The van der Waals surface area contributed by atoms with Crippen molar-refractivity contribution in [3.8, 4) is 16.9 Å². The molecule has 0 saturated carbocycles. The first-order valence-electron chi connectivity index (χ1n) is 9.71.